The van der Waals surface area contributed by atoms with E-state index in [9.17, 15) is 17.6 Å². The monoisotopic (exact) mass is 393 g/mol. The lowest BCUT2D eigenvalue weighted by Gasteiger charge is -2.28. The Morgan fingerprint density at radius 3 is 2.19 bits per heavy atom. The van der Waals surface area contributed by atoms with E-state index in [2.05, 4.69) is 0 Å². The summed E-state index contributed by atoms with van der Waals surface area (Å²) in [5.74, 6) is -0.297. The number of carbonyl (C=O) groups is 1. The van der Waals surface area contributed by atoms with Gasteiger partial charge in [0.1, 0.15) is 16.5 Å². The predicted octanol–water partition coefficient (Wildman–Crippen LogP) is 4.13. The van der Waals surface area contributed by atoms with Crippen molar-refractivity contribution < 1.29 is 21.8 Å². The van der Waals surface area contributed by atoms with Crippen LogP contribution in [0.25, 0.3) is 0 Å². The van der Waals surface area contributed by atoms with Crippen molar-refractivity contribution >= 4 is 16.0 Å². The van der Waals surface area contributed by atoms with Crippen LogP contribution in [0.1, 0.15) is 39.2 Å². The van der Waals surface area contributed by atoms with E-state index in [-0.39, 0.29) is 22.6 Å². The molecule has 146 valence electrons. The third-order valence-electron chi connectivity index (χ3n) is 4.33. The summed E-state index contributed by atoms with van der Waals surface area (Å²) in [5, 5.41) is 0. The van der Waals surface area contributed by atoms with Crippen molar-refractivity contribution in [2.75, 3.05) is 0 Å². The zero-order valence-electron chi connectivity index (χ0n) is 15.7. The number of benzene rings is 2. The molecule has 0 saturated heterocycles. The molecule has 1 atom stereocenters. The largest absolute Gasteiger partial charge is 0.379 e. The molecule has 0 spiro atoms. The van der Waals surface area contributed by atoms with Crippen LogP contribution in [0.3, 0.4) is 0 Å². The molecule has 0 saturated carbocycles. The normalized spacial score (nSPS) is 12.4. The molecule has 0 aliphatic heterocycles. The SMILES string of the molecule is CCC(=O)N(Cc1ccc(OS(=O)(=O)c2ccc(F)cc2)cc1)C(C)CC. The highest BCUT2D eigenvalue weighted by atomic mass is 32.2. The van der Waals surface area contributed by atoms with Crippen molar-refractivity contribution in [1.29, 1.82) is 0 Å². The van der Waals surface area contributed by atoms with Gasteiger partial charge < -0.3 is 9.08 Å². The summed E-state index contributed by atoms with van der Waals surface area (Å²) in [5.41, 5.74) is 0.878. The molecular weight excluding hydrogens is 369 g/mol. The second-order valence-corrected chi connectivity index (χ2v) is 7.81. The van der Waals surface area contributed by atoms with Crippen LogP contribution in [0.15, 0.2) is 53.4 Å². The number of carbonyl (C=O) groups excluding carboxylic acids is 1. The minimum absolute atomic E-state index is 0.0727. The number of amides is 1. The van der Waals surface area contributed by atoms with Gasteiger partial charge >= 0.3 is 10.1 Å². The molecule has 0 aromatic heterocycles. The van der Waals surface area contributed by atoms with Crippen LogP contribution in [0, 0.1) is 5.82 Å². The summed E-state index contributed by atoms with van der Waals surface area (Å²) < 4.78 is 42.5. The van der Waals surface area contributed by atoms with Crippen LogP contribution in [0.5, 0.6) is 5.75 Å². The molecule has 27 heavy (non-hydrogen) atoms. The van der Waals surface area contributed by atoms with Gasteiger partial charge in [-0.25, -0.2) is 4.39 Å². The van der Waals surface area contributed by atoms with Gasteiger partial charge in [0, 0.05) is 19.0 Å². The van der Waals surface area contributed by atoms with Crippen LogP contribution in [0.4, 0.5) is 4.39 Å². The van der Waals surface area contributed by atoms with E-state index >= 15 is 0 Å². The van der Waals surface area contributed by atoms with Crippen molar-refractivity contribution in [2.45, 2.75) is 51.1 Å². The Hall–Kier alpha value is -2.41. The molecule has 0 heterocycles. The Labute approximate surface area is 159 Å². The van der Waals surface area contributed by atoms with Gasteiger partial charge in [0.15, 0.2) is 0 Å². The second-order valence-electron chi connectivity index (χ2n) is 6.27. The smallest absolute Gasteiger partial charge is 0.339 e. The molecule has 5 nitrogen and oxygen atoms in total. The fourth-order valence-corrected chi connectivity index (χ4v) is 3.47. The first-order chi connectivity index (χ1) is 12.8. The van der Waals surface area contributed by atoms with E-state index in [0.717, 1.165) is 36.2 Å². The van der Waals surface area contributed by atoms with Crippen molar-refractivity contribution in [1.82, 2.24) is 4.90 Å². The van der Waals surface area contributed by atoms with Crippen LogP contribution in [-0.2, 0) is 21.5 Å². The lowest BCUT2D eigenvalue weighted by atomic mass is 10.1. The Kier molecular flexibility index (Phi) is 6.96. The average Bonchev–Trinajstić information content (AvgIpc) is 2.66. The highest BCUT2D eigenvalue weighted by molar-refractivity contribution is 7.87. The van der Waals surface area contributed by atoms with Crippen molar-refractivity contribution in [2.24, 2.45) is 0 Å². The van der Waals surface area contributed by atoms with Gasteiger partial charge in [-0.1, -0.05) is 26.0 Å². The molecule has 0 aliphatic carbocycles. The Bertz CT molecular complexity index is 864. The number of nitrogens with zero attached hydrogens (tertiary/aromatic N) is 1. The maximum absolute atomic E-state index is 13.0. The third-order valence-corrected chi connectivity index (χ3v) is 5.59. The maximum atomic E-state index is 13.0. The molecule has 2 aromatic rings. The summed E-state index contributed by atoms with van der Waals surface area (Å²) in [4.78, 5) is 13.8. The summed E-state index contributed by atoms with van der Waals surface area (Å²) >= 11 is 0. The molecule has 2 rings (SSSR count). The first-order valence-electron chi connectivity index (χ1n) is 8.85. The lowest BCUT2D eigenvalue weighted by molar-refractivity contribution is -0.133. The Morgan fingerprint density at radius 2 is 1.67 bits per heavy atom. The number of hydrogen-bond acceptors (Lipinski definition) is 4. The minimum Gasteiger partial charge on any atom is -0.379 e. The quantitative estimate of drug-likeness (QED) is 0.633. The van der Waals surface area contributed by atoms with Crippen molar-refractivity contribution in [3.8, 4) is 5.75 Å². The topological polar surface area (TPSA) is 63.7 Å². The van der Waals surface area contributed by atoms with E-state index < -0.39 is 15.9 Å². The molecule has 0 bridgehead atoms. The summed E-state index contributed by atoms with van der Waals surface area (Å²) in [6.07, 6.45) is 1.28. The predicted molar refractivity (Wildman–Crippen MR) is 101 cm³/mol. The molecule has 7 heteroatoms. The fraction of sp³-hybridized carbons (Fsp3) is 0.350. The van der Waals surface area contributed by atoms with E-state index in [1.54, 1.807) is 24.3 Å². The highest BCUT2D eigenvalue weighted by Gasteiger charge is 2.19. The molecule has 1 amide bonds. The van der Waals surface area contributed by atoms with Gasteiger partial charge in [-0.05, 0) is 55.3 Å². The lowest BCUT2D eigenvalue weighted by Crippen LogP contribution is -2.37. The molecule has 2 aromatic carbocycles. The Morgan fingerprint density at radius 1 is 1.07 bits per heavy atom. The third kappa shape index (κ3) is 5.53. The van der Waals surface area contributed by atoms with Crippen molar-refractivity contribution in [3.05, 3.63) is 59.9 Å². The molecule has 0 radical (unpaired) electrons. The molecule has 1 unspecified atom stereocenters. The van der Waals surface area contributed by atoms with Gasteiger partial charge in [-0.3, -0.25) is 4.79 Å². The van der Waals surface area contributed by atoms with Crippen molar-refractivity contribution in [3.63, 3.8) is 0 Å². The number of rotatable bonds is 8. The van der Waals surface area contributed by atoms with E-state index in [1.165, 1.54) is 0 Å². The Balaban J connectivity index is 2.12. The standard InChI is InChI=1S/C20H24FNO4S/c1-4-15(3)22(20(23)5-2)14-16-6-10-18(11-7-16)26-27(24,25)19-12-8-17(21)9-13-19/h6-13,15H,4-5,14H2,1-3H3. The molecular formula is C20H24FNO4S. The highest BCUT2D eigenvalue weighted by Crippen LogP contribution is 2.21. The van der Waals surface area contributed by atoms with Gasteiger partial charge in [-0.2, -0.15) is 8.42 Å². The van der Waals surface area contributed by atoms with E-state index in [1.807, 2.05) is 25.7 Å². The van der Waals surface area contributed by atoms with Gasteiger partial charge in [-0.15, -0.1) is 0 Å². The zero-order valence-corrected chi connectivity index (χ0v) is 16.5. The van der Waals surface area contributed by atoms with Gasteiger partial charge in [0.2, 0.25) is 5.91 Å². The maximum Gasteiger partial charge on any atom is 0.339 e. The van der Waals surface area contributed by atoms with Gasteiger partial charge in [0.25, 0.3) is 0 Å². The van der Waals surface area contributed by atoms with Crippen LogP contribution < -0.4 is 4.18 Å². The first kappa shape index (κ1) is 20.9. The van der Waals surface area contributed by atoms with Crippen LogP contribution >= 0.6 is 0 Å². The molecule has 0 N–H and O–H groups in total. The first-order valence-corrected chi connectivity index (χ1v) is 10.3. The zero-order chi connectivity index (χ0) is 20.0. The van der Waals surface area contributed by atoms with Gasteiger partial charge in [0.05, 0.1) is 0 Å². The number of halogens is 1. The van der Waals surface area contributed by atoms with Crippen LogP contribution in [0.2, 0.25) is 0 Å². The second kappa shape index (κ2) is 8.99. The minimum atomic E-state index is -4.03. The molecule has 0 fully saturated rings. The molecule has 0 aliphatic rings. The van der Waals surface area contributed by atoms with E-state index in [0.29, 0.717) is 13.0 Å². The van der Waals surface area contributed by atoms with E-state index in [4.69, 9.17) is 4.18 Å². The summed E-state index contributed by atoms with van der Waals surface area (Å²) in [6.45, 7) is 6.31. The van der Waals surface area contributed by atoms with Crippen LogP contribution in [-0.4, -0.2) is 25.3 Å². The fourth-order valence-electron chi connectivity index (χ4n) is 2.54. The average molecular weight is 393 g/mol. The summed E-state index contributed by atoms with van der Waals surface area (Å²) in [6, 6.07) is 11.1. The number of hydrogen-bond donors (Lipinski definition) is 0. The summed E-state index contributed by atoms with van der Waals surface area (Å²) in [7, 11) is -4.03.